The maximum Gasteiger partial charge on any atom is 0.303 e. The van der Waals surface area contributed by atoms with Crippen molar-refractivity contribution in [2.24, 2.45) is 0 Å². The molecule has 1 aromatic carbocycles. The molecule has 4 aromatic rings. The van der Waals surface area contributed by atoms with Crippen LogP contribution < -0.4 is 5.43 Å². The molecule has 0 saturated carbocycles. The molecule has 1 amide bonds. The van der Waals surface area contributed by atoms with Gasteiger partial charge in [-0.15, -0.1) is 22.7 Å². The number of fused-ring (bicyclic) bond motifs is 1. The van der Waals surface area contributed by atoms with Crippen molar-refractivity contribution in [3.63, 3.8) is 0 Å². The molecule has 0 aliphatic rings. The number of rotatable bonds is 6. The molecule has 2 N–H and O–H groups in total. The number of carboxylic acids is 1. The lowest BCUT2D eigenvalue weighted by Crippen LogP contribution is -2.25. The van der Waals surface area contributed by atoms with Gasteiger partial charge in [0, 0.05) is 22.2 Å². The number of aliphatic carboxylic acids is 1. The molecule has 0 aliphatic heterocycles. The highest BCUT2D eigenvalue weighted by molar-refractivity contribution is 7.21. The number of thiophene rings is 2. The minimum atomic E-state index is -0.885. The van der Waals surface area contributed by atoms with Crippen LogP contribution in [-0.2, 0) is 11.2 Å². The van der Waals surface area contributed by atoms with Gasteiger partial charge in [-0.05, 0) is 29.6 Å². The first-order valence-corrected chi connectivity index (χ1v) is 10.6. The second-order valence-electron chi connectivity index (χ2n) is 6.10. The van der Waals surface area contributed by atoms with E-state index in [-0.39, 0.29) is 12.3 Å². The molecule has 28 heavy (non-hydrogen) atoms. The Morgan fingerprint density at radius 2 is 1.93 bits per heavy atom. The van der Waals surface area contributed by atoms with E-state index in [0.29, 0.717) is 16.3 Å². The molecule has 3 aromatic heterocycles. The van der Waals surface area contributed by atoms with Gasteiger partial charge in [-0.2, -0.15) is 0 Å². The highest BCUT2D eigenvalue weighted by atomic mass is 35.5. The number of aryl methyl sites for hydroxylation is 1. The van der Waals surface area contributed by atoms with E-state index in [1.54, 1.807) is 16.0 Å². The fraction of sp³-hybridized carbons (Fsp3) is 0.100. The molecule has 5 nitrogen and oxygen atoms in total. The number of carbonyl (C=O) groups is 2. The highest BCUT2D eigenvalue weighted by Gasteiger charge is 2.20. The number of carboxylic acid groups (broad SMARTS) is 1. The Kier molecular flexibility index (Phi) is 5.21. The molecule has 0 radical (unpaired) electrons. The molecule has 3 heterocycles. The Bertz CT molecular complexity index is 1160. The number of halogens is 1. The number of hydrogen-bond acceptors (Lipinski definition) is 4. The fourth-order valence-corrected chi connectivity index (χ4v) is 5.12. The van der Waals surface area contributed by atoms with E-state index in [1.165, 1.54) is 11.3 Å². The summed E-state index contributed by atoms with van der Waals surface area (Å²) in [6, 6.07) is 15.2. The van der Waals surface area contributed by atoms with Gasteiger partial charge in [-0.1, -0.05) is 35.9 Å². The predicted octanol–water partition coefficient (Wildman–Crippen LogP) is 5.49. The summed E-state index contributed by atoms with van der Waals surface area (Å²) >= 11 is 9.32. The van der Waals surface area contributed by atoms with Crippen LogP contribution in [0, 0.1) is 0 Å². The summed E-state index contributed by atoms with van der Waals surface area (Å²) in [5, 5.41) is 12.2. The van der Waals surface area contributed by atoms with Crippen molar-refractivity contribution in [2.75, 3.05) is 5.43 Å². The Balaban J connectivity index is 1.70. The van der Waals surface area contributed by atoms with Gasteiger partial charge in [0.25, 0.3) is 5.91 Å². The van der Waals surface area contributed by atoms with Crippen molar-refractivity contribution in [3.8, 4) is 10.6 Å². The van der Waals surface area contributed by atoms with Crippen molar-refractivity contribution in [1.29, 1.82) is 0 Å². The highest BCUT2D eigenvalue weighted by Crippen LogP contribution is 2.35. The quantitative estimate of drug-likeness (QED) is 0.425. The molecule has 0 unspecified atom stereocenters. The number of nitrogens with one attached hydrogen (secondary N) is 1. The minimum Gasteiger partial charge on any atom is -0.481 e. The van der Waals surface area contributed by atoms with Gasteiger partial charge in [-0.3, -0.25) is 19.7 Å². The average Bonchev–Trinajstić information content (AvgIpc) is 3.40. The van der Waals surface area contributed by atoms with Crippen molar-refractivity contribution < 1.29 is 14.7 Å². The van der Waals surface area contributed by atoms with Crippen LogP contribution in [0.3, 0.4) is 0 Å². The fourth-order valence-electron chi connectivity index (χ4n) is 2.97. The molecular weight excluding hydrogens is 416 g/mol. The molecule has 0 aliphatic carbocycles. The van der Waals surface area contributed by atoms with E-state index >= 15 is 0 Å². The lowest BCUT2D eigenvalue weighted by Gasteiger charge is -2.13. The summed E-state index contributed by atoms with van der Waals surface area (Å²) in [6.07, 6.45) is 0.286. The largest absolute Gasteiger partial charge is 0.481 e. The average molecular weight is 431 g/mol. The molecule has 4 rings (SSSR count). The number of benzene rings is 1. The van der Waals surface area contributed by atoms with E-state index < -0.39 is 5.97 Å². The van der Waals surface area contributed by atoms with Crippen molar-refractivity contribution >= 4 is 56.2 Å². The summed E-state index contributed by atoms with van der Waals surface area (Å²) in [4.78, 5) is 25.4. The lowest BCUT2D eigenvalue weighted by molar-refractivity contribution is -0.136. The zero-order valence-electron chi connectivity index (χ0n) is 14.5. The van der Waals surface area contributed by atoms with Gasteiger partial charge in [0.05, 0.1) is 22.0 Å². The summed E-state index contributed by atoms with van der Waals surface area (Å²) in [6.45, 7) is 0. The maximum atomic E-state index is 13.0. The summed E-state index contributed by atoms with van der Waals surface area (Å²) in [5.41, 5.74) is 4.43. The SMILES string of the molecule is O=C(O)CCc1ccc(-c2cccs2)n1NC(=O)c1sc2ccccc2c1Cl. The summed E-state index contributed by atoms with van der Waals surface area (Å²) in [7, 11) is 0. The third-order valence-corrected chi connectivity index (χ3v) is 6.85. The van der Waals surface area contributed by atoms with Crippen molar-refractivity contribution in [2.45, 2.75) is 12.8 Å². The van der Waals surface area contributed by atoms with Gasteiger partial charge in [0.15, 0.2) is 0 Å². The molecular formula is C20H15ClN2O3S2. The van der Waals surface area contributed by atoms with E-state index in [2.05, 4.69) is 5.43 Å². The van der Waals surface area contributed by atoms with E-state index in [0.717, 1.165) is 26.4 Å². The molecule has 0 fully saturated rings. The molecule has 142 valence electrons. The number of aromatic nitrogens is 1. The number of nitrogens with zero attached hydrogens (tertiary/aromatic N) is 1. The Morgan fingerprint density at radius 1 is 1.11 bits per heavy atom. The Labute approximate surface area is 173 Å². The van der Waals surface area contributed by atoms with Gasteiger partial charge in [0.2, 0.25) is 0 Å². The van der Waals surface area contributed by atoms with Gasteiger partial charge >= 0.3 is 5.97 Å². The van der Waals surface area contributed by atoms with Crippen LogP contribution in [0.15, 0.2) is 53.9 Å². The summed E-state index contributed by atoms with van der Waals surface area (Å²) < 4.78 is 2.60. The zero-order chi connectivity index (χ0) is 19.7. The lowest BCUT2D eigenvalue weighted by atomic mass is 10.2. The summed E-state index contributed by atoms with van der Waals surface area (Å²) in [5.74, 6) is -1.21. The molecule has 0 saturated heterocycles. The number of hydrogen-bond donors (Lipinski definition) is 2. The topological polar surface area (TPSA) is 71.3 Å². The standard InChI is InChI=1S/C20H15ClN2O3S2/c21-18-13-4-1-2-5-15(13)28-19(18)20(26)22-23-12(8-10-17(24)25)7-9-14(23)16-6-3-11-27-16/h1-7,9,11H,8,10H2,(H,22,26)(H,24,25). The Morgan fingerprint density at radius 3 is 2.64 bits per heavy atom. The molecule has 8 heteroatoms. The van der Waals surface area contributed by atoms with Crippen LogP contribution in [0.2, 0.25) is 5.02 Å². The number of carbonyl (C=O) groups excluding carboxylic acids is 1. The van der Waals surface area contributed by atoms with Crippen LogP contribution in [0.25, 0.3) is 20.7 Å². The van der Waals surface area contributed by atoms with Gasteiger partial charge < -0.3 is 5.11 Å². The van der Waals surface area contributed by atoms with Crippen LogP contribution in [0.5, 0.6) is 0 Å². The Hall–Kier alpha value is -2.61. The normalized spacial score (nSPS) is 11.0. The monoisotopic (exact) mass is 430 g/mol. The maximum absolute atomic E-state index is 13.0. The number of amides is 1. The molecule has 0 bridgehead atoms. The van der Waals surface area contributed by atoms with Gasteiger partial charge in [0.1, 0.15) is 4.88 Å². The second-order valence-corrected chi connectivity index (χ2v) is 8.48. The van der Waals surface area contributed by atoms with Crippen LogP contribution >= 0.6 is 34.3 Å². The van der Waals surface area contributed by atoms with Crippen molar-refractivity contribution in [1.82, 2.24) is 4.68 Å². The van der Waals surface area contributed by atoms with Crippen LogP contribution in [0.4, 0.5) is 0 Å². The van der Waals surface area contributed by atoms with Gasteiger partial charge in [-0.25, -0.2) is 0 Å². The van der Waals surface area contributed by atoms with E-state index in [4.69, 9.17) is 16.7 Å². The minimum absolute atomic E-state index is 0.0204. The third kappa shape index (κ3) is 3.56. The van der Waals surface area contributed by atoms with Crippen molar-refractivity contribution in [3.05, 3.63) is 69.5 Å². The zero-order valence-corrected chi connectivity index (χ0v) is 16.9. The molecule has 0 atom stereocenters. The first-order chi connectivity index (χ1) is 13.5. The first-order valence-electron chi connectivity index (χ1n) is 8.49. The van der Waals surface area contributed by atoms with Crippen LogP contribution in [0.1, 0.15) is 21.8 Å². The third-order valence-electron chi connectivity index (χ3n) is 4.28. The van der Waals surface area contributed by atoms with E-state index in [9.17, 15) is 9.59 Å². The second kappa shape index (κ2) is 7.79. The predicted molar refractivity (Wildman–Crippen MR) is 114 cm³/mol. The molecule has 0 spiro atoms. The first kappa shape index (κ1) is 18.7. The smallest absolute Gasteiger partial charge is 0.303 e. The van der Waals surface area contributed by atoms with E-state index in [1.807, 2.05) is 53.9 Å². The van der Waals surface area contributed by atoms with Crippen LogP contribution in [-0.4, -0.2) is 21.7 Å².